The van der Waals surface area contributed by atoms with E-state index in [9.17, 15) is 9.59 Å². The molecule has 8 heteroatoms. The van der Waals surface area contributed by atoms with Gasteiger partial charge in [-0.2, -0.15) is 0 Å². The molecular weight excluding hydrogens is 410 g/mol. The van der Waals surface area contributed by atoms with Gasteiger partial charge in [0.05, 0.1) is 5.57 Å². The molecular formula is C19H22BrN5O2. The summed E-state index contributed by atoms with van der Waals surface area (Å²) in [6.45, 7) is 2.41. The Morgan fingerprint density at radius 3 is 2.30 bits per heavy atom. The van der Waals surface area contributed by atoms with E-state index in [-0.39, 0.29) is 23.2 Å². The predicted octanol–water partition coefficient (Wildman–Crippen LogP) is 1.77. The van der Waals surface area contributed by atoms with Gasteiger partial charge in [-0.3, -0.25) is 9.59 Å². The molecule has 2 aromatic rings. The number of aromatic nitrogens is 2. The molecule has 0 radical (unpaired) electrons. The molecule has 1 heterocycles. The molecule has 7 nitrogen and oxygen atoms in total. The number of halogens is 1. The average molecular weight is 432 g/mol. The summed E-state index contributed by atoms with van der Waals surface area (Å²) in [4.78, 5) is 31.9. The van der Waals surface area contributed by atoms with E-state index in [0.717, 1.165) is 15.6 Å². The fourth-order valence-electron chi connectivity index (χ4n) is 2.27. The minimum Gasteiger partial charge on any atom is -0.404 e. The Kier molecular flexibility index (Phi) is 7.94. The zero-order valence-corrected chi connectivity index (χ0v) is 16.6. The fourth-order valence-corrected chi connectivity index (χ4v) is 2.54. The number of carbonyl (C=O) groups excluding carboxylic acids is 2. The summed E-state index contributed by atoms with van der Waals surface area (Å²) in [5, 5.41) is 5.36. The van der Waals surface area contributed by atoms with E-state index in [2.05, 4.69) is 36.5 Å². The average Bonchev–Trinajstić information content (AvgIpc) is 2.68. The van der Waals surface area contributed by atoms with E-state index in [0.29, 0.717) is 25.9 Å². The van der Waals surface area contributed by atoms with Crippen molar-refractivity contribution in [1.82, 2.24) is 20.6 Å². The lowest BCUT2D eigenvalue weighted by Crippen LogP contribution is -2.35. The number of nitrogens with two attached hydrogens (primary N) is 1. The highest BCUT2D eigenvalue weighted by Crippen LogP contribution is 2.14. The summed E-state index contributed by atoms with van der Waals surface area (Å²) in [5.74, 6) is -0.195. The summed E-state index contributed by atoms with van der Waals surface area (Å²) < 4.78 is 1.02. The van der Waals surface area contributed by atoms with Gasteiger partial charge in [-0.05, 0) is 23.3 Å². The quantitative estimate of drug-likeness (QED) is 0.435. The van der Waals surface area contributed by atoms with E-state index in [4.69, 9.17) is 5.73 Å². The minimum atomic E-state index is -0.385. The van der Waals surface area contributed by atoms with Gasteiger partial charge in [0, 0.05) is 49.0 Å². The standard InChI is InChI=1S/C19H22BrN5O2/c1-2-17(26)22-7-8-23-19(27)16(10-21)18-24-11-14(12-25-18)9-13-3-5-15(20)6-4-13/h3-6,10-12H,2,7-9,21H2,1H3,(H,22,26)(H,23,27)/b16-10+. The number of nitrogens with one attached hydrogen (secondary N) is 2. The monoisotopic (exact) mass is 431 g/mol. The molecule has 0 fully saturated rings. The zero-order chi connectivity index (χ0) is 19.6. The fraction of sp³-hybridized carbons (Fsp3) is 0.263. The number of hydrogen-bond donors (Lipinski definition) is 3. The Morgan fingerprint density at radius 1 is 1.07 bits per heavy atom. The van der Waals surface area contributed by atoms with Crippen LogP contribution >= 0.6 is 15.9 Å². The van der Waals surface area contributed by atoms with Crippen LogP contribution in [0.15, 0.2) is 47.3 Å². The van der Waals surface area contributed by atoms with Gasteiger partial charge in [0.15, 0.2) is 5.82 Å². The molecule has 0 unspecified atom stereocenters. The third-order valence-electron chi connectivity index (χ3n) is 3.73. The SMILES string of the molecule is CCC(=O)NCCNC(=O)/C(=C/N)c1ncc(Cc2ccc(Br)cc2)cn1. The van der Waals surface area contributed by atoms with Gasteiger partial charge >= 0.3 is 0 Å². The van der Waals surface area contributed by atoms with Gasteiger partial charge < -0.3 is 16.4 Å². The maximum absolute atomic E-state index is 12.2. The van der Waals surface area contributed by atoms with Crippen LogP contribution in [0.5, 0.6) is 0 Å². The van der Waals surface area contributed by atoms with Crippen LogP contribution < -0.4 is 16.4 Å². The molecule has 27 heavy (non-hydrogen) atoms. The number of rotatable bonds is 8. The molecule has 0 aliphatic heterocycles. The summed E-state index contributed by atoms with van der Waals surface area (Å²) >= 11 is 3.41. The van der Waals surface area contributed by atoms with Crippen LogP contribution in [0.4, 0.5) is 0 Å². The van der Waals surface area contributed by atoms with E-state index >= 15 is 0 Å². The smallest absolute Gasteiger partial charge is 0.256 e. The van der Waals surface area contributed by atoms with Crippen molar-refractivity contribution in [3.8, 4) is 0 Å². The largest absolute Gasteiger partial charge is 0.404 e. The van der Waals surface area contributed by atoms with Crippen molar-refractivity contribution in [2.45, 2.75) is 19.8 Å². The van der Waals surface area contributed by atoms with E-state index in [1.54, 1.807) is 19.3 Å². The van der Waals surface area contributed by atoms with Gasteiger partial charge in [-0.1, -0.05) is 35.0 Å². The van der Waals surface area contributed by atoms with Gasteiger partial charge in [0.25, 0.3) is 5.91 Å². The summed E-state index contributed by atoms with van der Waals surface area (Å²) in [5.41, 5.74) is 7.83. The van der Waals surface area contributed by atoms with Crippen molar-refractivity contribution in [3.63, 3.8) is 0 Å². The molecule has 0 saturated carbocycles. The normalized spacial score (nSPS) is 11.1. The van der Waals surface area contributed by atoms with Gasteiger partial charge in [-0.25, -0.2) is 9.97 Å². The van der Waals surface area contributed by atoms with Crippen molar-refractivity contribution in [2.24, 2.45) is 5.73 Å². The van der Waals surface area contributed by atoms with Gasteiger partial charge in [0.2, 0.25) is 5.91 Å². The van der Waals surface area contributed by atoms with Crippen molar-refractivity contribution < 1.29 is 9.59 Å². The lowest BCUT2D eigenvalue weighted by Gasteiger charge is -2.09. The molecule has 0 aliphatic carbocycles. The molecule has 142 valence electrons. The predicted molar refractivity (Wildman–Crippen MR) is 107 cm³/mol. The molecule has 0 atom stereocenters. The van der Waals surface area contributed by atoms with Crippen LogP contribution in [0.25, 0.3) is 5.57 Å². The molecule has 1 aromatic heterocycles. The first-order chi connectivity index (χ1) is 13.0. The van der Waals surface area contributed by atoms with Crippen LogP contribution in [0.2, 0.25) is 0 Å². The summed E-state index contributed by atoms with van der Waals surface area (Å²) in [7, 11) is 0. The Hall–Kier alpha value is -2.74. The number of hydrogen-bond acceptors (Lipinski definition) is 5. The third-order valence-corrected chi connectivity index (χ3v) is 4.26. The Labute approximate surface area is 166 Å². The number of amides is 2. The van der Waals surface area contributed by atoms with Crippen LogP contribution in [-0.2, 0) is 16.0 Å². The second kappa shape index (κ2) is 10.4. The van der Waals surface area contributed by atoms with E-state index in [1.807, 2.05) is 24.3 Å². The van der Waals surface area contributed by atoms with Crippen molar-refractivity contribution in [1.29, 1.82) is 0 Å². The summed E-state index contributed by atoms with van der Waals surface area (Å²) in [6, 6.07) is 8.00. The van der Waals surface area contributed by atoms with E-state index in [1.165, 1.54) is 6.20 Å². The molecule has 4 N–H and O–H groups in total. The number of benzene rings is 1. The summed E-state index contributed by atoms with van der Waals surface area (Å²) in [6.07, 6.45) is 5.65. The lowest BCUT2D eigenvalue weighted by atomic mass is 10.1. The van der Waals surface area contributed by atoms with E-state index < -0.39 is 0 Å². The minimum absolute atomic E-state index is 0.0662. The van der Waals surface area contributed by atoms with Crippen molar-refractivity contribution in [3.05, 3.63) is 64.3 Å². The first-order valence-corrected chi connectivity index (χ1v) is 9.35. The second-order valence-corrected chi connectivity index (χ2v) is 6.67. The highest BCUT2D eigenvalue weighted by Gasteiger charge is 2.14. The second-order valence-electron chi connectivity index (χ2n) is 5.76. The molecule has 2 amide bonds. The number of carbonyl (C=O) groups is 2. The molecule has 0 bridgehead atoms. The van der Waals surface area contributed by atoms with Gasteiger partial charge in [-0.15, -0.1) is 0 Å². The van der Waals surface area contributed by atoms with Crippen LogP contribution in [0.1, 0.15) is 30.3 Å². The maximum Gasteiger partial charge on any atom is 0.256 e. The molecule has 0 aliphatic rings. The molecule has 2 rings (SSSR count). The zero-order valence-electron chi connectivity index (χ0n) is 15.0. The molecule has 1 aromatic carbocycles. The molecule has 0 saturated heterocycles. The highest BCUT2D eigenvalue weighted by molar-refractivity contribution is 9.10. The first-order valence-electron chi connectivity index (χ1n) is 8.56. The lowest BCUT2D eigenvalue weighted by molar-refractivity contribution is -0.121. The van der Waals surface area contributed by atoms with Crippen LogP contribution in [0, 0.1) is 0 Å². The van der Waals surface area contributed by atoms with Crippen LogP contribution in [0.3, 0.4) is 0 Å². The Morgan fingerprint density at radius 2 is 1.70 bits per heavy atom. The van der Waals surface area contributed by atoms with Crippen molar-refractivity contribution in [2.75, 3.05) is 13.1 Å². The molecule has 0 spiro atoms. The topological polar surface area (TPSA) is 110 Å². The highest BCUT2D eigenvalue weighted by atomic mass is 79.9. The Bertz CT molecular complexity index is 804. The maximum atomic E-state index is 12.2. The number of nitrogens with zero attached hydrogens (tertiary/aromatic N) is 2. The third kappa shape index (κ3) is 6.49. The van der Waals surface area contributed by atoms with Gasteiger partial charge in [0.1, 0.15) is 0 Å². The first kappa shape index (κ1) is 20.6. The van der Waals surface area contributed by atoms with Crippen LogP contribution in [-0.4, -0.2) is 34.9 Å². The van der Waals surface area contributed by atoms with Crippen molar-refractivity contribution >= 4 is 33.3 Å². The Balaban J connectivity index is 1.93.